The van der Waals surface area contributed by atoms with E-state index < -0.39 is 5.82 Å². The highest BCUT2D eigenvalue weighted by Gasteiger charge is 2.07. The quantitative estimate of drug-likeness (QED) is 0.891. The first kappa shape index (κ1) is 12.8. The fraction of sp³-hybridized carbons (Fsp3) is 0.143. The number of hydrogen-bond donors (Lipinski definition) is 1. The van der Waals surface area contributed by atoms with E-state index in [1.165, 1.54) is 35.0 Å². The second-order valence-corrected chi connectivity index (χ2v) is 4.30. The maximum atomic E-state index is 13.6. The molecule has 0 fully saturated rings. The van der Waals surface area contributed by atoms with Crippen LogP contribution in [0.5, 0.6) is 0 Å². The van der Waals surface area contributed by atoms with Crippen LogP contribution in [0, 0.1) is 24.1 Å². The normalized spacial score (nSPS) is 10.2. The van der Waals surface area contributed by atoms with Crippen molar-refractivity contribution in [3.05, 3.63) is 63.3 Å². The third kappa shape index (κ3) is 2.63. The minimum absolute atomic E-state index is 0.0463. The summed E-state index contributed by atoms with van der Waals surface area (Å²) >= 11 is 0. The van der Waals surface area contributed by atoms with E-state index in [0.717, 1.165) is 0 Å². The molecule has 1 aromatic carbocycles. The zero-order valence-corrected chi connectivity index (χ0v) is 10.4. The summed E-state index contributed by atoms with van der Waals surface area (Å²) in [5.41, 5.74) is 7.27. The van der Waals surface area contributed by atoms with Crippen LogP contribution in [0.2, 0.25) is 0 Å². The van der Waals surface area contributed by atoms with E-state index in [9.17, 15) is 9.18 Å². The summed E-state index contributed by atoms with van der Waals surface area (Å²) < 4.78 is 15.0. The van der Waals surface area contributed by atoms with Crippen molar-refractivity contribution in [1.82, 2.24) is 4.57 Å². The van der Waals surface area contributed by atoms with Crippen molar-refractivity contribution in [2.24, 2.45) is 0 Å². The standard InChI is InChI=1S/C14H12FN3O/c1-9-4-14(19)18(8-13(9)17)7-11-5-10(6-16)2-3-12(11)15/h2-5,8H,7,17H2,1H3. The lowest BCUT2D eigenvalue weighted by atomic mass is 10.1. The van der Waals surface area contributed by atoms with E-state index in [0.29, 0.717) is 16.8 Å². The number of nitrogen functional groups attached to an aromatic ring is 1. The van der Waals surface area contributed by atoms with Crippen LogP contribution in [0.25, 0.3) is 0 Å². The molecule has 2 aromatic rings. The molecular weight excluding hydrogens is 245 g/mol. The van der Waals surface area contributed by atoms with Crippen LogP contribution in [0.1, 0.15) is 16.7 Å². The smallest absolute Gasteiger partial charge is 0.251 e. The first-order chi connectivity index (χ1) is 9.01. The maximum absolute atomic E-state index is 13.6. The predicted molar refractivity (Wildman–Crippen MR) is 70.1 cm³/mol. The fourth-order valence-electron chi connectivity index (χ4n) is 1.76. The highest BCUT2D eigenvalue weighted by atomic mass is 19.1. The molecule has 0 aliphatic rings. The second kappa shape index (κ2) is 4.94. The van der Waals surface area contributed by atoms with Crippen LogP contribution in [0.15, 0.2) is 35.3 Å². The molecule has 0 unspecified atom stereocenters. The van der Waals surface area contributed by atoms with Gasteiger partial charge in [-0.3, -0.25) is 4.79 Å². The van der Waals surface area contributed by atoms with Gasteiger partial charge in [0.05, 0.1) is 23.9 Å². The largest absolute Gasteiger partial charge is 0.397 e. The Labute approximate surface area is 109 Å². The number of aryl methyl sites for hydroxylation is 1. The number of pyridine rings is 1. The molecule has 96 valence electrons. The van der Waals surface area contributed by atoms with Crippen LogP contribution < -0.4 is 11.3 Å². The third-order valence-electron chi connectivity index (χ3n) is 2.89. The molecule has 2 rings (SSSR count). The Bertz CT molecular complexity index is 728. The average Bonchev–Trinajstić information content (AvgIpc) is 2.38. The molecule has 4 nitrogen and oxygen atoms in total. The minimum atomic E-state index is -0.454. The lowest BCUT2D eigenvalue weighted by Gasteiger charge is -2.09. The lowest BCUT2D eigenvalue weighted by Crippen LogP contribution is -2.21. The number of benzene rings is 1. The topological polar surface area (TPSA) is 71.8 Å². The first-order valence-electron chi connectivity index (χ1n) is 5.66. The maximum Gasteiger partial charge on any atom is 0.251 e. The van der Waals surface area contributed by atoms with Crippen LogP contribution >= 0.6 is 0 Å². The number of nitrogens with zero attached hydrogens (tertiary/aromatic N) is 2. The lowest BCUT2D eigenvalue weighted by molar-refractivity contribution is 0.596. The van der Waals surface area contributed by atoms with Crippen molar-refractivity contribution in [1.29, 1.82) is 5.26 Å². The molecule has 1 heterocycles. The molecule has 2 N–H and O–H groups in total. The molecule has 0 saturated carbocycles. The van der Waals surface area contributed by atoms with Crippen molar-refractivity contribution in [3.8, 4) is 6.07 Å². The van der Waals surface area contributed by atoms with E-state index in [1.807, 2.05) is 6.07 Å². The van der Waals surface area contributed by atoms with Gasteiger partial charge in [0.25, 0.3) is 5.56 Å². The summed E-state index contributed by atoms with van der Waals surface area (Å²) in [4.78, 5) is 11.8. The summed E-state index contributed by atoms with van der Waals surface area (Å²) in [6.45, 7) is 1.78. The molecule has 0 saturated heterocycles. The van der Waals surface area contributed by atoms with E-state index in [1.54, 1.807) is 6.92 Å². The Hall–Kier alpha value is -2.61. The van der Waals surface area contributed by atoms with Crippen LogP contribution in [-0.2, 0) is 6.54 Å². The summed E-state index contributed by atoms with van der Waals surface area (Å²) in [7, 11) is 0. The van der Waals surface area contributed by atoms with Crippen molar-refractivity contribution in [3.63, 3.8) is 0 Å². The summed E-state index contributed by atoms with van der Waals surface area (Å²) in [6.07, 6.45) is 1.48. The average molecular weight is 257 g/mol. The van der Waals surface area contributed by atoms with Gasteiger partial charge < -0.3 is 10.3 Å². The molecule has 5 heteroatoms. The Balaban J connectivity index is 2.45. The monoisotopic (exact) mass is 257 g/mol. The summed E-state index contributed by atoms with van der Waals surface area (Å²) in [5.74, 6) is -0.454. The molecule has 0 aliphatic carbocycles. The van der Waals surface area contributed by atoms with Gasteiger partial charge in [-0.2, -0.15) is 5.26 Å². The minimum Gasteiger partial charge on any atom is -0.397 e. The van der Waals surface area contributed by atoms with Gasteiger partial charge in [-0.05, 0) is 30.7 Å². The van der Waals surface area contributed by atoms with Crippen molar-refractivity contribution < 1.29 is 4.39 Å². The zero-order valence-electron chi connectivity index (χ0n) is 10.4. The predicted octanol–water partition coefficient (Wildman–Crippen LogP) is 1.80. The van der Waals surface area contributed by atoms with Crippen LogP contribution in [-0.4, -0.2) is 4.57 Å². The fourth-order valence-corrected chi connectivity index (χ4v) is 1.76. The van der Waals surface area contributed by atoms with Gasteiger partial charge in [-0.25, -0.2) is 4.39 Å². The van der Waals surface area contributed by atoms with E-state index in [4.69, 9.17) is 11.0 Å². The highest BCUT2D eigenvalue weighted by molar-refractivity contribution is 5.43. The van der Waals surface area contributed by atoms with Gasteiger partial charge in [-0.1, -0.05) is 0 Å². The Morgan fingerprint density at radius 1 is 1.42 bits per heavy atom. The zero-order chi connectivity index (χ0) is 14.0. The Kier molecular flexibility index (Phi) is 3.34. The molecular formula is C14H12FN3O. The van der Waals surface area contributed by atoms with Gasteiger partial charge in [0.1, 0.15) is 5.82 Å². The number of hydrogen-bond acceptors (Lipinski definition) is 3. The number of aromatic nitrogens is 1. The molecule has 0 atom stereocenters. The molecule has 0 radical (unpaired) electrons. The Morgan fingerprint density at radius 3 is 2.84 bits per heavy atom. The SMILES string of the molecule is Cc1cc(=O)n(Cc2cc(C#N)ccc2F)cc1N. The second-order valence-electron chi connectivity index (χ2n) is 4.30. The van der Waals surface area contributed by atoms with Crippen LogP contribution in [0.4, 0.5) is 10.1 Å². The summed E-state index contributed by atoms with van der Waals surface area (Å²) in [6, 6.07) is 7.38. The number of nitriles is 1. The van der Waals surface area contributed by atoms with Gasteiger partial charge in [0, 0.05) is 17.8 Å². The van der Waals surface area contributed by atoms with Crippen molar-refractivity contribution >= 4 is 5.69 Å². The van der Waals surface area contributed by atoms with Gasteiger partial charge >= 0.3 is 0 Å². The molecule has 0 bridgehead atoms. The molecule has 1 aromatic heterocycles. The van der Waals surface area contributed by atoms with Gasteiger partial charge in [0.2, 0.25) is 0 Å². The Morgan fingerprint density at radius 2 is 2.16 bits per heavy atom. The van der Waals surface area contributed by atoms with Crippen molar-refractivity contribution in [2.45, 2.75) is 13.5 Å². The molecule has 0 aliphatic heterocycles. The van der Waals surface area contributed by atoms with E-state index >= 15 is 0 Å². The first-order valence-corrected chi connectivity index (χ1v) is 5.66. The third-order valence-corrected chi connectivity index (χ3v) is 2.89. The number of anilines is 1. The van der Waals surface area contributed by atoms with Gasteiger partial charge in [0.15, 0.2) is 0 Å². The van der Waals surface area contributed by atoms with E-state index in [-0.39, 0.29) is 17.7 Å². The number of halogens is 1. The number of rotatable bonds is 2. The highest BCUT2D eigenvalue weighted by Crippen LogP contribution is 2.12. The molecule has 19 heavy (non-hydrogen) atoms. The van der Waals surface area contributed by atoms with Crippen LogP contribution in [0.3, 0.4) is 0 Å². The van der Waals surface area contributed by atoms with Crippen molar-refractivity contribution in [2.75, 3.05) is 5.73 Å². The van der Waals surface area contributed by atoms with E-state index in [2.05, 4.69) is 0 Å². The summed E-state index contributed by atoms with van der Waals surface area (Å²) in [5, 5.41) is 8.79. The molecule has 0 amide bonds. The number of nitrogens with two attached hydrogens (primary N) is 1. The molecule has 0 spiro atoms. The van der Waals surface area contributed by atoms with Gasteiger partial charge in [-0.15, -0.1) is 0 Å².